The summed E-state index contributed by atoms with van der Waals surface area (Å²) < 4.78 is 0. The molecule has 4 N–H and O–H groups in total. The minimum absolute atomic E-state index is 0.125. The first-order valence-corrected chi connectivity index (χ1v) is 20.4. The Bertz CT molecular complexity index is 2420. The first-order chi connectivity index (χ1) is 29.5. The van der Waals surface area contributed by atoms with Gasteiger partial charge < -0.3 is 21.3 Å². The number of halogens is 4. The topological polar surface area (TPSA) is 200 Å². The molecule has 0 aliphatic carbocycles. The summed E-state index contributed by atoms with van der Waals surface area (Å²) in [4.78, 5) is 77.9. The van der Waals surface area contributed by atoms with E-state index in [0.717, 1.165) is 11.1 Å². The molecule has 4 amide bonds. The lowest BCUT2D eigenvalue weighted by molar-refractivity contribution is -0.127. The maximum atomic E-state index is 13.4. The molecule has 0 heterocycles. The van der Waals surface area contributed by atoms with Crippen LogP contribution in [0.25, 0.3) is 0 Å². The number of benzene rings is 5. The molecule has 0 radical (unpaired) electrons. The van der Waals surface area contributed by atoms with Crippen LogP contribution in [-0.4, -0.2) is 47.3 Å². The van der Waals surface area contributed by atoms with Gasteiger partial charge in [-0.05, 0) is 123 Å². The molecule has 0 fully saturated rings. The van der Waals surface area contributed by atoms with Crippen molar-refractivity contribution in [3.63, 3.8) is 0 Å². The molecule has 2 unspecified atom stereocenters. The van der Waals surface area contributed by atoms with E-state index in [9.17, 15) is 28.8 Å². The lowest BCUT2D eigenvalue weighted by Crippen LogP contribution is -2.32. The molecule has 5 aromatic rings. The summed E-state index contributed by atoms with van der Waals surface area (Å²) in [5.41, 5.74) is 5.00. The Balaban J connectivity index is 1.25. The number of amides is 4. The molecule has 0 saturated carbocycles. The number of rotatable bonds is 16. The predicted octanol–water partition coefficient (Wildman–Crippen LogP) is 11.0. The highest BCUT2D eigenvalue weighted by molar-refractivity contribution is 6.31. The van der Waals surface area contributed by atoms with Gasteiger partial charge in [-0.25, -0.2) is 0 Å². The minimum Gasteiger partial charge on any atom is -0.324 e. The first kappa shape index (κ1) is 46.7. The second-order valence-corrected chi connectivity index (χ2v) is 15.3. The molecule has 0 aliphatic heterocycles. The van der Waals surface area contributed by atoms with Crippen LogP contribution in [0.2, 0.25) is 10.0 Å². The summed E-state index contributed by atoms with van der Waals surface area (Å²) in [7, 11) is 0. The van der Waals surface area contributed by atoms with E-state index >= 15 is 0 Å². The standard InChI is InChI=1S/C44H38Cl4N8O6/c1-23-13-38(52-44(62)40(26(4)58)56-54-36-18-30(16-32(48)20-36)42(60)50-34-11-7-28(22-46)8-12-34)24(2)14-37(23)51-43(61)39(25(3)57)55-53-35-17-29(15-31(47)19-35)41(59)49-33-9-5-27(21-45)6-10-33/h5-20,39-40H,21-22H2,1-4H3,(H,49,59)(H,50,60)(H,51,61)(H,52,62). The predicted molar refractivity (Wildman–Crippen MR) is 242 cm³/mol. The van der Waals surface area contributed by atoms with Crippen LogP contribution in [0, 0.1) is 13.8 Å². The number of aryl methyl sites for hydroxylation is 2. The van der Waals surface area contributed by atoms with Crippen LogP contribution in [0.5, 0.6) is 0 Å². The van der Waals surface area contributed by atoms with Crippen molar-refractivity contribution in [1.82, 2.24) is 0 Å². The van der Waals surface area contributed by atoms with Crippen molar-refractivity contribution >= 4 is 116 Å². The zero-order valence-corrected chi connectivity index (χ0v) is 36.6. The van der Waals surface area contributed by atoms with E-state index in [1.165, 1.54) is 50.2 Å². The summed E-state index contributed by atoms with van der Waals surface area (Å²) in [5, 5.41) is 27.3. The Morgan fingerprint density at radius 2 is 0.871 bits per heavy atom. The van der Waals surface area contributed by atoms with Crippen molar-refractivity contribution in [3.05, 3.63) is 140 Å². The molecule has 18 heteroatoms. The molecule has 0 aromatic heterocycles. The molecular formula is C44H38Cl4N8O6. The first-order valence-electron chi connectivity index (χ1n) is 18.6. The Hall–Kier alpha value is -6.32. The van der Waals surface area contributed by atoms with Crippen LogP contribution in [0.3, 0.4) is 0 Å². The molecule has 5 aromatic carbocycles. The normalized spacial score (nSPS) is 12.1. The Kier molecular flexibility index (Phi) is 16.2. The highest BCUT2D eigenvalue weighted by Crippen LogP contribution is 2.28. The summed E-state index contributed by atoms with van der Waals surface area (Å²) >= 11 is 24.2. The van der Waals surface area contributed by atoms with E-state index in [-0.39, 0.29) is 32.5 Å². The van der Waals surface area contributed by atoms with Crippen LogP contribution < -0.4 is 21.3 Å². The van der Waals surface area contributed by atoms with E-state index < -0.39 is 47.3 Å². The number of Topliss-reactive ketones (excluding diaryl/α,β-unsaturated/α-hetero) is 2. The SMILES string of the molecule is CC(=O)C(N=Nc1cc(Cl)cc(C(=O)Nc2ccc(CCl)cc2)c1)C(=O)Nc1cc(C)c(NC(=O)C(N=Nc2cc(Cl)cc(C(=O)Nc3ccc(CCl)cc3)c2)C(C)=O)cc1C. The van der Waals surface area contributed by atoms with Gasteiger partial charge in [-0.1, -0.05) is 47.5 Å². The molecule has 0 aliphatic rings. The average Bonchev–Trinajstić information content (AvgIpc) is 3.22. The minimum atomic E-state index is -1.56. The molecule has 14 nitrogen and oxygen atoms in total. The third kappa shape index (κ3) is 12.8. The largest absolute Gasteiger partial charge is 0.324 e. The fraction of sp³-hybridized carbons (Fsp3) is 0.182. The van der Waals surface area contributed by atoms with Gasteiger partial charge in [-0.2, -0.15) is 20.5 Å². The maximum absolute atomic E-state index is 13.4. The zero-order valence-electron chi connectivity index (χ0n) is 33.6. The smallest absolute Gasteiger partial charge is 0.258 e. The number of carbonyl (C=O) groups is 6. The Morgan fingerprint density at radius 3 is 1.19 bits per heavy atom. The van der Waals surface area contributed by atoms with Crippen molar-refractivity contribution in [3.8, 4) is 0 Å². The van der Waals surface area contributed by atoms with Crippen LogP contribution in [-0.2, 0) is 30.9 Å². The fourth-order valence-corrected chi connectivity index (χ4v) is 6.48. The van der Waals surface area contributed by atoms with E-state index in [1.54, 1.807) is 74.5 Å². The molecule has 2 atom stereocenters. The summed E-state index contributed by atoms with van der Waals surface area (Å²) in [5.74, 6) is -3.10. The number of nitrogens with zero attached hydrogens (tertiary/aromatic N) is 4. The van der Waals surface area contributed by atoms with E-state index in [2.05, 4.69) is 41.7 Å². The Labute approximate surface area is 376 Å². The molecule has 62 heavy (non-hydrogen) atoms. The average molecular weight is 917 g/mol. The van der Waals surface area contributed by atoms with Crippen LogP contribution in [0.1, 0.15) is 56.8 Å². The number of hydrogen-bond donors (Lipinski definition) is 4. The van der Waals surface area contributed by atoms with Crippen molar-refractivity contribution in [2.45, 2.75) is 51.5 Å². The third-order valence-corrected chi connectivity index (χ3v) is 10.0. The van der Waals surface area contributed by atoms with Crippen LogP contribution in [0.4, 0.5) is 34.1 Å². The van der Waals surface area contributed by atoms with E-state index in [1.807, 2.05) is 0 Å². The lowest BCUT2D eigenvalue weighted by atomic mass is 10.1. The van der Waals surface area contributed by atoms with Crippen molar-refractivity contribution in [1.29, 1.82) is 0 Å². The number of anilines is 4. The number of azo groups is 2. The van der Waals surface area contributed by atoms with Gasteiger partial charge in [-0.15, -0.1) is 23.2 Å². The van der Waals surface area contributed by atoms with E-state index in [4.69, 9.17) is 46.4 Å². The number of nitrogens with one attached hydrogen (secondary N) is 4. The summed E-state index contributed by atoms with van der Waals surface area (Å²) in [6, 6.07) is 22.5. The summed E-state index contributed by atoms with van der Waals surface area (Å²) in [6.07, 6.45) is 0. The van der Waals surface area contributed by atoms with Gasteiger partial charge in [-0.3, -0.25) is 28.8 Å². The zero-order chi connectivity index (χ0) is 45.1. The van der Waals surface area contributed by atoms with Gasteiger partial charge in [0.15, 0.2) is 11.6 Å². The van der Waals surface area contributed by atoms with Crippen LogP contribution >= 0.6 is 46.4 Å². The highest BCUT2D eigenvalue weighted by atomic mass is 35.5. The van der Waals surface area contributed by atoms with Gasteiger partial charge >= 0.3 is 0 Å². The maximum Gasteiger partial charge on any atom is 0.258 e. The third-order valence-electron chi connectivity index (χ3n) is 8.95. The van der Waals surface area contributed by atoms with Crippen LogP contribution in [0.15, 0.2) is 118 Å². The fourth-order valence-electron chi connectivity index (χ4n) is 5.66. The van der Waals surface area contributed by atoms with Gasteiger partial charge in [0.25, 0.3) is 23.6 Å². The van der Waals surface area contributed by atoms with Gasteiger partial charge in [0.1, 0.15) is 0 Å². The highest BCUT2D eigenvalue weighted by Gasteiger charge is 2.26. The molecule has 318 valence electrons. The Morgan fingerprint density at radius 1 is 0.516 bits per heavy atom. The quantitative estimate of drug-likeness (QED) is 0.0431. The lowest BCUT2D eigenvalue weighted by Gasteiger charge is -2.16. The van der Waals surface area contributed by atoms with Gasteiger partial charge in [0, 0.05) is 55.7 Å². The molecule has 5 rings (SSSR count). The van der Waals surface area contributed by atoms with Gasteiger partial charge in [0.2, 0.25) is 12.1 Å². The summed E-state index contributed by atoms with van der Waals surface area (Å²) in [6.45, 7) is 5.68. The second kappa shape index (κ2) is 21.5. The van der Waals surface area contributed by atoms with E-state index in [0.29, 0.717) is 45.6 Å². The molecule has 0 spiro atoms. The van der Waals surface area contributed by atoms with Crippen molar-refractivity contribution in [2.24, 2.45) is 20.5 Å². The van der Waals surface area contributed by atoms with Gasteiger partial charge in [0.05, 0.1) is 11.4 Å². The molecule has 0 bridgehead atoms. The van der Waals surface area contributed by atoms with Crippen molar-refractivity contribution in [2.75, 3.05) is 21.3 Å². The number of alkyl halides is 2. The van der Waals surface area contributed by atoms with Crippen molar-refractivity contribution < 1.29 is 28.8 Å². The number of ketones is 2. The second-order valence-electron chi connectivity index (χ2n) is 13.9. The monoisotopic (exact) mass is 914 g/mol. The number of carbonyl (C=O) groups excluding carboxylic acids is 6. The molecule has 0 saturated heterocycles. The number of hydrogen-bond acceptors (Lipinski definition) is 10. The molecular weight excluding hydrogens is 878 g/mol.